The van der Waals surface area contributed by atoms with Crippen molar-refractivity contribution in [1.82, 2.24) is 0 Å². The molecule has 2 atom stereocenters. The molecule has 0 saturated heterocycles. The molecule has 0 aromatic heterocycles. The fourth-order valence-corrected chi connectivity index (χ4v) is 4.25. The molecule has 0 unspecified atom stereocenters. The summed E-state index contributed by atoms with van der Waals surface area (Å²) in [6.45, 7) is 4.41. The highest BCUT2D eigenvalue weighted by atomic mass is 31.2. The molecule has 0 amide bonds. The van der Waals surface area contributed by atoms with Crippen LogP contribution in [0.15, 0.2) is 0 Å². The molecule has 4 nitrogen and oxygen atoms in total. The first-order valence-corrected chi connectivity index (χ1v) is 7.30. The van der Waals surface area contributed by atoms with E-state index in [2.05, 4.69) is 0 Å². The summed E-state index contributed by atoms with van der Waals surface area (Å²) in [5.41, 5.74) is -0.124. The van der Waals surface area contributed by atoms with E-state index in [-0.39, 0.29) is 11.8 Å². The van der Waals surface area contributed by atoms with Crippen molar-refractivity contribution in [3.05, 3.63) is 0 Å². The molecule has 0 aromatic carbocycles. The van der Waals surface area contributed by atoms with E-state index in [4.69, 9.17) is 9.05 Å². The minimum Gasteiger partial charge on any atom is -0.393 e. The minimum atomic E-state index is -2.99. The topological polar surface area (TPSA) is 55.8 Å². The lowest BCUT2D eigenvalue weighted by Gasteiger charge is -2.31. The average Bonchev–Trinajstić information content (AvgIpc) is 2.18. The Hall–Kier alpha value is 0.110. The summed E-state index contributed by atoms with van der Waals surface area (Å²) in [5.74, 6) is 0. The third-order valence-electron chi connectivity index (χ3n) is 2.68. The maximum absolute atomic E-state index is 12.4. The van der Waals surface area contributed by atoms with Crippen molar-refractivity contribution < 1.29 is 18.7 Å². The van der Waals surface area contributed by atoms with Gasteiger partial charge in [0.2, 0.25) is 0 Å². The average molecular weight is 236 g/mol. The second-order valence-electron chi connectivity index (χ2n) is 3.85. The molecular formula is C10H21O4P. The smallest absolute Gasteiger partial charge is 0.333 e. The van der Waals surface area contributed by atoms with Gasteiger partial charge in [-0.05, 0) is 39.5 Å². The van der Waals surface area contributed by atoms with E-state index in [9.17, 15) is 9.67 Å². The molecule has 1 N–H and O–H groups in total. The lowest BCUT2D eigenvalue weighted by Crippen LogP contribution is -2.25. The summed E-state index contributed by atoms with van der Waals surface area (Å²) in [4.78, 5) is 0. The molecule has 0 bridgehead atoms. The quantitative estimate of drug-likeness (QED) is 0.745. The van der Waals surface area contributed by atoms with E-state index < -0.39 is 7.60 Å². The van der Waals surface area contributed by atoms with Crippen molar-refractivity contribution in [2.75, 3.05) is 13.2 Å². The second-order valence-corrected chi connectivity index (χ2v) is 6.18. The van der Waals surface area contributed by atoms with Crippen molar-refractivity contribution in [1.29, 1.82) is 0 Å². The Kier molecular flexibility index (Phi) is 5.27. The van der Waals surface area contributed by atoms with Crippen LogP contribution in [0.3, 0.4) is 0 Å². The lowest BCUT2D eigenvalue weighted by molar-refractivity contribution is 0.119. The van der Waals surface area contributed by atoms with Crippen LogP contribution in [-0.4, -0.2) is 30.1 Å². The fraction of sp³-hybridized carbons (Fsp3) is 1.00. The lowest BCUT2D eigenvalue weighted by atomic mass is 9.97. The third-order valence-corrected chi connectivity index (χ3v) is 5.28. The number of hydrogen-bond donors (Lipinski definition) is 1. The maximum Gasteiger partial charge on any atom is 0.333 e. The SMILES string of the molecule is CCOP(=O)(OCC)[C@@H]1CCC[C@H](O)C1. The molecule has 1 rings (SSSR count). The predicted octanol–water partition coefficient (Wildman–Crippen LogP) is 2.56. The van der Waals surface area contributed by atoms with Crippen LogP contribution in [0.4, 0.5) is 0 Å². The highest BCUT2D eigenvalue weighted by molar-refractivity contribution is 7.54. The molecule has 1 saturated carbocycles. The van der Waals surface area contributed by atoms with E-state index in [0.29, 0.717) is 19.6 Å². The number of aliphatic hydroxyl groups excluding tert-OH is 1. The molecule has 0 aromatic rings. The first kappa shape index (κ1) is 13.2. The molecule has 0 radical (unpaired) electrons. The van der Waals surface area contributed by atoms with Gasteiger partial charge in [-0.1, -0.05) is 0 Å². The zero-order valence-corrected chi connectivity index (χ0v) is 10.4. The minimum absolute atomic E-state index is 0.124. The second kappa shape index (κ2) is 6.00. The van der Waals surface area contributed by atoms with Crippen LogP contribution in [-0.2, 0) is 13.6 Å². The van der Waals surface area contributed by atoms with Crippen LogP contribution in [0.25, 0.3) is 0 Å². The molecule has 1 aliphatic rings. The van der Waals surface area contributed by atoms with Gasteiger partial charge in [0.1, 0.15) is 0 Å². The number of aliphatic hydroxyl groups is 1. The zero-order chi connectivity index (χ0) is 11.3. The summed E-state index contributed by atoms with van der Waals surface area (Å²) in [6, 6.07) is 0. The van der Waals surface area contributed by atoms with Gasteiger partial charge in [0.25, 0.3) is 0 Å². The summed E-state index contributed by atoms with van der Waals surface area (Å²) < 4.78 is 22.9. The van der Waals surface area contributed by atoms with Gasteiger partial charge in [0.15, 0.2) is 0 Å². The first-order valence-electron chi connectivity index (χ1n) is 5.69. The Morgan fingerprint density at radius 1 is 1.27 bits per heavy atom. The van der Waals surface area contributed by atoms with Gasteiger partial charge in [-0.3, -0.25) is 4.57 Å². The molecule has 0 spiro atoms. The number of hydrogen-bond acceptors (Lipinski definition) is 4. The Morgan fingerprint density at radius 3 is 2.33 bits per heavy atom. The molecular weight excluding hydrogens is 215 g/mol. The molecule has 15 heavy (non-hydrogen) atoms. The standard InChI is InChI=1S/C10H21O4P/c1-3-13-15(12,14-4-2)10-7-5-6-9(11)8-10/h9-11H,3-8H2,1-2H3/t9-,10+/m0/s1. The van der Waals surface area contributed by atoms with Crippen molar-refractivity contribution in [2.24, 2.45) is 0 Å². The normalized spacial score (nSPS) is 27.9. The van der Waals surface area contributed by atoms with Gasteiger partial charge in [0, 0.05) is 0 Å². The summed E-state index contributed by atoms with van der Waals surface area (Å²) >= 11 is 0. The van der Waals surface area contributed by atoms with Crippen molar-refractivity contribution in [3.8, 4) is 0 Å². The molecule has 1 fully saturated rings. The molecule has 0 aliphatic heterocycles. The van der Waals surface area contributed by atoms with E-state index in [1.807, 2.05) is 13.8 Å². The van der Waals surface area contributed by atoms with Gasteiger partial charge in [-0.25, -0.2) is 0 Å². The molecule has 1 aliphatic carbocycles. The van der Waals surface area contributed by atoms with Crippen LogP contribution in [0.2, 0.25) is 0 Å². The number of rotatable bonds is 5. The monoisotopic (exact) mass is 236 g/mol. The summed E-state index contributed by atoms with van der Waals surface area (Å²) in [5, 5.41) is 9.55. The van der Waals surface area contributed by atoms with Gasteiger partial charge in [-0.2, -0.15) is 0 Å². The van der Waals surface area contributed by atoms with Crippen molar-refractivity contribution in [2.45, 2.75) is 51.3 Å². The van der Waals surface area contributed by atoms with Crippen LogP contribution >= 0.6 is 7.60 Å². The Labute approximate surface area is 91.5 Å². The van der Waals surface area contributed by atoms with Crippen LogP contribution in [0.5, 0.6) is 0 Å². The van der Waals surface area contributed by atoms with E-state index in [0.717, 1.165) is 19.3 Å². The van der Waals surface area contributed by atoms with Crippen LogP contribution in [0, 0.1) is 0 Å². The van der Waals surface area contributed by atoms with Crippen LogP contribution < -0.4 is 0 Å². The Bertz CT molecular complexity index is 221. The first-order chi connectivity index (χ1) is 7.12. The largest absolute Gasteiger partial charge is 0.393 e. The molecule has 90 valence electrons. The van der Waals surface area contributed by atoms with E-state index in [1.54, 1.807) is 0 Å². The van der Waals surface area contributed by atoms with Gasteiger partial charge in [0.05, 0.1) is 25.0 Å². The molecule has 0 heterocycles. The summed E-state index contributed by atoms with van der Waals surface area (Å²) in [7, 11) is -2.99. The van der Waals surface area contributed by atoms with Crippen LogP contribution in [0.1, 0.15) is 39.5 Å². The Morgan fingerprint density at radius 2 is 1.87 bits per heavy atom. The summed E-state index contributed by atoms with van der Waals surface area (Å²) in [6.07, 6.45) is 2.72. The van der Waals surface area contributed by atoms with Gasteiger partial charge >= 0.3 is 7.60 Å². The zero-order valence-electron chi connectivity index (χ0n) is 9.52. The van der Waals surface area contributed by atoms with E-state index in [1.165, 1.54) is 0 Å². The van der Waals surface area contributed by atoms with Crippen molar-refractivity contribution in [3.63, 3.8) is 0 Å². The van der Waals surface area contributed by atoms with Gasteiger partial charge < -0.3 is 14.2 Å². The predicted molar refractivity (Wildman–Crippen MR) is 59.1 cm³/mol. The highest BCUT2D eigenvalue weighted by Crippen LogP contribution is 2.57. The maximum atomic E-state index is 12.4. The fourth-order valence-electron chi connectivity index (χ4n) is 2.03. The Balaban J connectivity index is 2.65. The molecule has 5 heteroatoms. The third kappa shape index (κ3) is 3.56. The highest BCUT2D eigenvalue weighted by Gasteiger charge is 2.38. The van der Waals surface area contributed by atoms with Crippen molar-refractivity contribution >= 4 is 7.60 Å². The van der Waals surface area contributed by atoms with Gasteiger partial charge in [-0.15, -0.1) is 0 Å². The van der Waals surface area contributed by atoms with E-state index >= 15 is 0 Å².